The maximum Gasteiger partial charge on any atom is 0.267 e. The first-order valence-corrected chi connectivity index (χ1v) is 4.28. The summed E-state index contributed by atoms with van der Waals surface area (Å²) in [5.74, 6) is -0.150. The number of rotatable bonds is 0. The highest BCUT2D eigenvalue weighted by atomic mass is 16.7. The van der Waals surface area contributed by atoms with Crippen LogP contribution in [0.15, 0.2) is 24.3 Å². The van der Waals surface area contributed by atoms with Gasteiger partial charge in [0.25, 0.3) is 11.8 Å². The molecule has 1 aromatic carbocycles. The van der Waals surface area contributed by atoms with Crippen molar-refractivity contribution in [2.45, 2.75) is 13.3 Å². The predicted molar refractivity (Wildman–Crippen MR) is 48.3 cm³/mol. The molecule has 0 unspecified atom stereocenters. The van der Waals surface area contributed by atoms with Crippen LogP contribution in [0.25, 0.3) is 0 Å². The zero-order valence-electron chi connectivity index (χ0n) is 7.69. The molecule has 4 nitrogen and oxygen atoms in total. The van der Waals surface area contributed by atoms with Gasteiger partial charge in [0.1, 0.15) is 0 Å². The second-order valence-electron chi connectivity index (χ2n) is 3.08. The Labute approximate surface area is 81.0 Å². The average Bonchev–Trinajstić information content (AvgIpc) is 2.16. The zero-order valence-corrected chi connectivity index (χ0v) is 7.69. The van der Waals surface area contributed by atoms with E-state index in [1.807, 2.05) is 12.1 Å². The van der Waals surface area contributed by atoms with E-state index in [0.29, 0.717) is 5.75 Å². The fourth-order valence-electron chi connectivity index (χ4n) is 1.36. The Morgan fingerprint density at radius 3 is 2.86 bits per heavy atom. The predicted octanol–water partition coefficient (Wildman–Crippen LogP) is 0.912. The quantitative estimate of drug-likeness (QED) is 0.612. The van der Waals surface area contributed by atoms with Crippen molar-refractivity contribution in [3.63, 3.8) is 0 Å². The second kappa shape index (κ2) is 3.14. The molecule has 2 amide bonds. The molecule has 1 aliphatic rings. The molecule has 1 aliphatic heterocycles. The summed E-state index contributed by atoms with van der Waals surface area (Å²) in [4.78, 5) is 27.5. The molecule has 0 fully saturated rings. The summed E-state index contributed by atoms with van der Waals surface area (Å²) in [6, 6.07) is 7.17. The summed E-state index contributed by atoms with van der Waals surface area (Å²) in [7, 11) is 0. The van der Waals surface area contributed by atoms with Gasteiger partial charge in [-0.2, -0.15) is 0 Å². The van der Waals surface area contributed by atoms with Crippen LogP contribution in [0, 0.1) is 0 Å². The van der Waals surface area contributed by atoms with E-state index in [1.54, 1.807) is 12.1 Å². The summed E-state index contributed by atoms with van der Waals surface area (Å²) >= 11 is 0. The first kappa shape index (κ1) is 8.74. The average molecular weight is 191 g/mol. The third kappa shape index (κ3) is 1.35. The van der Waals surface area contributed by atoms with Crippen LogP contribution in [0.5, 0.6) is 5.75 Å². The van der Waals surface area contributed by atoms with E-state index in [2.05, 4.69) is 0 Å². The van der Waals surface area contributed by atoms with Gasteiger partial charge in [-0.15, -0.1) is 5.06 Å². The molecule has 0 aromatic heterocycles. The molecule has 0 saturated carbocycles. The van der Waals surface area contributed by atoms with Crippen molar-refractivity contribution < 1.29 is 14.4 Å². The summed E-state index contributed by atoms with van der Waals surface area (Å²) in [5.41, 5.74) is 0.815. The van der Waals surface area contributed by atoms with Gasteiger partial charge in [0, 0.05) is 12.5 Å². The molecule has 1 aromatic rings. The van der Waals surface area contributed by atoms with Crippen LogP contribution in [0.2, 0.25) is 0 Å². The smallest absolute Gasteiger partial charge is 0.267 e. The topological polar surface area (TPSA) is 46.6 Å². The van der Waals surface area contributed by atoms with Gasteiger partial charge >= 0.3 is 0 Å². The zero-order chi connectivity index (χ0) is 10.1. The van der Waals surface area contributed by atoms with E-state index in [0.717, 1.165) is 10.6 Å². The van der Waals surface area contributed by atoms with E-state index in [1.165, 1.54) is 6.92 Å². The number of hydrogen-bond acceptors (Lipinski definition) is 3. The van der Waals surface area contributed by atoms with E-state index < -0.39 is 5.91 Å². The highest BCUT2D eigenvalue weighted by Crippen LogP contribution is 2.24. The van der Waals surface area contributed by atoms with Gasteiger partial charge in [-0.25, -0.2) is 0 Å². The number of amides is 2. The number of fused-ring (bicyclic) bond motifs is 1. The van der Waals surface area contributed by atoms with E-state index in [4.69, 9.17) is 4.84 Å². The van der Waals surface area contributed by atoms with Crippen molar-refractivity contribution in [1.29, 1.82) is 0 Å². The lowest BCUT2D eigenvalue weighted by atomic mass is 10.1. The standard InChI is InChI=1S/C10H9NO3/c1-7(12)11-10(13)6-8-4-2-3-5-9(8)14-11/h2-5H,6H2,1H3. The van der Waals surface area contributed by atoms with Crippen LogP contribution >= 0.6 is 0 Å². The minimum absolute atomic E-state index is 0.218. The molecule has 0 saturated heterocycles. The summed E-state index contributed by atoms with van der Waals surface area (Å²) in [5, 5.41) is 0.794. The summed E-state index contributed by atoms with van der Waals surface area (Å²) < 4.78 is 0. The number of carbonyl (C=O) groups is 2. The van der Waals surface area contributed by atoms with Crippen molar-refractivity contribution in [3.8, 4) is 5.75 Å². The Morgan fingerprint density at radius 2 is 2.14 bits per heavy atom. The number of nitrogens with zero attached hydrogens (tertiary/aromatic N) is 1. The van der Waals surface area contributed by atoms with E-state index in [9.17, 15) is 9.59 Å². The lowest BCUT2D eigenvalue weighted by Gasteiger charge is -2.25. The monoisotopic (exact) mass is 191 g/mol. The van der Waals surface area contributed by atoms with Gasteiger partial charge in [0.05, 0.1) is 6.42 Å². The lowest BCUT2D eigenvalue weighted by molar-refractivity contribution is -0.172. The summed E-state index contributed by atoms with van der Waals surface area (Å²) in [6.07, 6.45) is 0.218. The highest BCUT2D eigenvalue weighted by Gasteiger charge is 2.27. The fourth-order valence-corrected chi connectivity index (χ4v) is 1.36. The Balaban J connectivity index is 2.36. The van der Waals surface area contributed by atoms with Gasteiger partial charge in [0.15, 0.2) is 5.75 Å². The minimum atomic E-state index is -0.399. The Morgan fingerprint density at radius 1 is 1.43 bits per heavy atom. The fraction of sp³-hybridized carbons (Fsp3) is 0.200. The third-order valence-corrected chi connectivity index (χ3v) is 2.02. The normalized spacial score (nSPS) is 14.6. The Hall–Kier alpha value is -1.84. The SMILES string of the molecule is CC(=O)N1Oc2ccccc2CC1=O. The molecule has 0 bridgehead atoms. The van der Waals surface area contributed by atoms with Crippen molar-refractivity contribution in [3.05, 3.63) is 29.8 Å². The number of imide groups is 1. The molecule has 1 heterocycles. The van der Waals surface area contributed by atoms with Crippen LogP contribution in [-0.4, -0.2) is 16.9 Å². The molecule has 0 atom stereocenters. The molecule has 14 heavy (non-hydrogen) atoms. The molecule has 0 radical (unpaired) electrons. The number of hydroxylamine groups is 2. The number of para-hydroxylation sites is 1. The van der Waals surface area contributed by atoms with Crippen molar-refractivity contribution >= 4 is 11.8 Å². The molecule has 72 valence electrons. The molecule has 4 heteroatoms. The highest BCUT2D eigenvalue weighted by molar-refractivity contribution is 5.95. The Kier molecular flexibility index (Phi) is 1.96. The van der Waals surface area contributed by atoms with Crippen molar-refractivity contribution in [2.24, 2.45) is 0 Å². The van der Waals surface area contributed by atoms with Gasteiger partial charge in [-0.05, 0) is 6.07 Å². The largest absolute Gasteiger partial charge is 0.369 e. The van der Waals surface area contributed by atoms with Gasteiger partial charge in [0.2, 0.25) is 0 Å². The Bertz CT molecular complexity index is 400. The van der Waals surface area contributed by atoms with Crippen LogP contribution in [0.1, 0.15) is 12.5 Å². The molecule has 0 spiro atoms. The van der Waals surface area contributed by atoms with Crippen molar-refractivity contribution in [1.82, 2.24) is 5.06 Å². The number of carbonyl (C=O) groups excluding carboxylic acids is 2. The van der Waals surface area contributed by atoms with Crippen molar-refractivity contribution in [2.75, 3.05) is 0 Å². The van der Waals surface area contributed by atoms with E-state index >= 15 is 0 Å². The molecule has 0 aliphatic carbocycles. The van der Waals surface area contributed by atoms with Gasteiger partial charge < -0.3 is 4.84 Å². The van der Waals surface area contributed by atoms with Crippen LogP contribution in [-0.2, 0) is 16.0 Å². The van der Waals surface area contributed by atoms with Crippen LogP contribution in [0.4, 0.5) is 0 Å². The number of hydrogen-bond donors (Lipinski definition) is 0. The van der Waals surface area contributed by atoms with Crippen LogP contribution in [0.3, 0.4) is 0 Å². The molecular formula is C10H9NO3. The maximum absolute atomic E-state index is 11.4. The molecule has 2 rings (SSSR count). The third-order valence-electron chi connectivity index (χ3n) is 2.02. The van der Waals surface area contributed by atoms with Crippen LogP contribution < -0.4 is 4.84 Å². The molecular weight excluding hydrogens is 182 g/mol. The van der Waals surface area contributed by atoms with Gasteiger partial charge in [-0.1, -0.05) is 18.2 Å². The second-order valence-corrected chi connectivity index (χ2v) is 3.08. The van der Waals surface area contributed by atoms with Gasteiger partial charge in [-0.3, -0.25) is 9.59 Å². The lowest BCUT2D eigenvalue weighted by Crippen LogP contribution is -2.42. The first-order valence-electron chi connectivity index (χ1n) is 4.28. The van der Waals surface area contributed by atoms with E-state index in [-0.39, 0.29) is 12.3 Å². The molecule has 0 N–H and O–H groups in total. The number of benzene rings is 1. The minimum Gasteiger partial charge on any atom is -0.369 e. The summed E-state index contributed by atoms with van der Waals surface area (Å²) in [6.45, 7) is 1.30. The maximum atomic E-state index is 11.4. The first-order chi connectivity index (χ1) is 6.68.